The molecule has 0 radical (unpaired) electrons. The van der Waals surface area contributed by atoms with Crippen LogP contribution < -0.4 is 0 Å². The topological polar surface area (TPSA) is 0 Å². The second-order valence-electron chi connectivity index (χ2n) is 7.04. The number of hydrogen-bond donors (Lipinski definition) is 0. The molecule has 0 amide bonds. The van der Waals surface area contributed by atoms with Gasteiger partial charge in [-0.15, -0.1) is 0 Å². The quantitative estimate of drug-likeness (QED) is 0.684. The van der Waals surface area contributed by atoms with Crippen LogP contribution in [0.25, 0.3) is 0 Å². The molecule has 0 atom stereocenters. The van der Waals surface area contributed by atoms with E-state index >= 15 is 0 Å². The van der Waals surface area contributed by atoms with E-state index in [1.165, 1.54) is 16.7 Å². The maximum Gasteiger partial charge on any atom is 0.100 e. The van der Waals surface area contributed by atoms with Crippen molar-refractivity contribution in [3.05, 3.63) is 34.9 Å². The lowest BCUT2D eigenvalue weighted by Gasteiger charge is -2.38. The maximum absolute atomic E-state index is 13.3. The lowest BCUT2D eigenvalue weighted by Crippen LogP contribution is -2.31. The zero-order chi connectivity index (χ0) is 14.0. The van der Waals surface area contributed by atoms with Crippen LogP contribution in [0.4, 0.5) is 4.39 Å². The Morgan fingerprint density at radius 2 is 1.74 bits per heavy atom. The van der Waals surface area contributed by atoms with E-state index in [4.69, 9.17) is 0 Å². The van der Waals surface area contributed by atoms with Crippen LogP contribution in [0, 0.1) is 25.2 Å². The third-order valence-corrected chi connectivity index (χ3v) is 4.91. The van der Waals surface area contributed by atoms with Crippen LogP contribution in [0.3, 0.4) is 0 Å². The van der Waals surface area contributed by atoms with E-state index in [1.807, 2.05) is 0 Å². The van der Waals surface area contributed by atoms with Crippen molar-refractivity contribution in [2.75, 3.05) is 0 Å². The van der Waals surface area contributed by atoms with Gasteiger partial charge in [-0.25, -0.2) is 4.39 Å². The Hall–Kier alpha value is -0.850. The van der Waals surface area contributed by atoms with Crippen molar-refractivity contribution in [3.8, 4) is 0 Å². The standard InChI is InChI=1S/C18H27F/c1-13-5-6-14(2)15(11-13)12-18(3,4)16-7-9-17(19)10-8-16/h5-6,11,16-17H,7-10,12H2,1-4H3. The predicted octanol–water partition coefficient (Wildman–Crippen LogP) is 5.40. The van der Waals surface area contributed by atoms with E-state index in [1.54, 1.807) is 0 Å². The van der Waals surface area contributed by atoms with Crippen molar-refractivity contribution in [1.29, 1.82) is 0 Å². The summed E-state index contributed by atoms with van der Waals surface area (Å²) >= 11 is 0. The van der Waals surface area contributed by atoms with Gasteiger partial charge < -0.3 is 0 Å². The molecule has 0 aliphatic heterocycles. The first kappa shape index (κ1) is 14.6. The van der Waals surface area contributed by atoms with Crippen molar-refractivity contribution in [1.82, 2.24) is 0 Å². The van der Waals surface area contributed by atoms with Crippen LogP contribution in [0.5, 0.6) is 0 Å². The van der Waals surface area contributed by atoms with Gasteiger partial charge in [-0.05, 0) is 68.4 Å². The van der Waals surface area contributed by atoms with Crippen LogP contribution in [-0.2, 0) is 6.42 Å². The average Bonchev–Trinajstić information content (AvgIpc) is 2.34. The summed E-state index contributed by atoms with van der Waals surface area (Å²) in [5, 5.41) is 0. The Morgan fingerprint density at radius 3 is 2.37 bits per heavy atom. The first-order valence-electron chi connectivity index (χ1n) is 7.59. The van der Waals surface area contributed by atoms with E-state index in [0.29, 0.717) is 5.92 Å². The van der Waals surface area contributed by atoms with Crippen molar-refractivity contribution < 1.29 is 4.39 Å². The lowest BCUT2D eigenvalue weighted by molar-refractivity contribution is 0.114. The van der Waals surface area contributed by atoms with Gasteiger partial charge in [0, 0.05) is 0 Å². The number of aryl methyl sites for hydroxylation is 2. The third kappa shape index (κ3) is 3.58. The number of alkyl halides is 1. The zero-order valence-corrected chi connectivity index (χ0v) is 12.8. The molecule has 1 heteroatoms. The molecule has 1 aromatic carbocycles. The molecule has 0 spiro atoms. The Labute approximate surface area is 117 Å². The molecule has 0 bridgehead atoms. The minimum absolute atomic E-state index is 0.276. The number of benzene rings is 1. The van der Waals surface area contributed by atoms with Crippen molar-refractivity contribution in [2.45, 2.75) is 66.0 Å². The molecule has 2 rings (SSSR count). The smallest absolute Gasteiger partial charge is 0.100 e. The minimum atomic E-state index is -0.548. The third-order valence-electron chi connectivity index (χ3n) is 4.91. The molecular weight excluding hydrogens is 235 g/mol. The van der Waals surface area contributed by atoms with E-state index in [2.05, 4.69) is 45.9 Å². The molecule has 1 fully saturated rings. The molecule has 0 unspecified atom stereocenters. The largest absolute Gasteiger partial charge is 0.247 e. The minimum Gasteiger partial charge on any atom is -0.247 e. The number of hydrogen-bond acceptors (Lipinski definition) is 0. The van der Waals surface area contributed by atoms with Gasteiger partial charge in [0.2, 0.25) is 0 Å². The van der Waals surface area contributed by atoms with E-state index < -0.39 is 6.17 Å². The second kappa shape index (κ2) is 5.64. The normalized spacial score (nSPS) is 24.5. The summed E-state index contributed by atoms with van der Waals surface area (Å²) in [5.41, 5.74) is 4.47. The maximum atomic E-state index is 13.3. The Bertz CT molecular complexity index is 425. The lowest BCUT2D eigenvalue weighted by atomic mass is 9.67. The van der Waals surface area contributed by atoms with E-state index in [9.17, 15) is 4.39 Å². The Kier molecular flexibility index (Phi) is 4.32. The summed E-state index contributed by atoms with van der Waals surface area (Å²) in [7, 11) is 0. The molecule has 0 aromatic heterocycles. The predicted molar refractivity (Wildman–Crippen MR) is 80.3 cm³/mol. The summed E-state index contributed by atoms with van der Waals surface area (Å²) in [6, 6.07) is 6.72. The van der Waals surface area contributed by atoms with Crippen molar-refractivity contribution in [2.24, 2.45) is 11.3 Å². The highest BCUT2D eigenvalue weighted by molar-refractivity contribution is 5.31. The molecule has 0 heterocycles. The van der Waals surface area contributed by atoms with Gasteiger partial charge in [0.05, 0.1) is 0 Å². The summed E-state index contributed by atoms with van der Waals surface area (Å²) in [6.07, 6.45) is 4.20. The molecule has 1 aliphatic carbocycles. The molecule has 19 heavy (non-hydrogen) atoms. The van der Waals surface area contributed by atoms with Crippen molar-refractivity contribution in [3.63, 3.8) is 0 Å². The van der Waals surface area contributed by atoms with Crippen LogP contribution in [0.1, 0.15) is 56.2 Å². The Balaban J connectivity index is 2.09. The summed E-state index contributed by atoms with van der Waals surface area (Å²) in [5.74, 6) is 0.666. The average molecular weight is 262 g/mol. The molecule has 0 nitrogen and oxygen atoms in total. The molecule has 106 valence electrons. The first-order chi connectivity index (χ1) is 8.88. The van der Waals surface area contributed by atoms with Gasteiger partial charge in [-0.3, -0.25) is 0 Å². The van der Waals surface area contributed by atoms with Crippen LogP contribution >= 0.6 is 0 Å². The van der Waals surface area contributed by atoms with Crippen molar-refractivity contribution >= 4 is 0 Å². The van der Waals surface area contributed by atoms with Gasteiger partial charge in [-0.1, -0.05) is 37.6 Å². The number of rotatable bonds is 3. The SMILES string of the molecule is Cc1ccc(C)c(CC(C)(C)C2CCC(F)CC2)c1. The van der Waals surface area contributed by atoms with E-state index in [0.717, 1.165) is 32.1 Å². The van der Waals surface area contributed by atoms with Gasteiger partial charge in [0.25, 0.3) is 0 Å². The second-order valence-corrected chi connectivity index (χ2v) is 7.04. The fourth-order valence-corrected chi connectivity index (χ4v) is 3.46. The molecule has 1 saturated carbocycles. The first-order valence-corrected chi connectivity index (χ1v) is 7.59. The Morgan fingerprint density at radius 1 is 1.11 bits per heavy atom. The van der Waals surface area contributed by atoms with E-state index in [-0.39, 0.29) is 5.41 Å². The van der Waals surface area contributed by atoms with Gasteiger partial charge in [0.1, 0.15) is 6.17 Å². The molecule has 0 N–H and O–H groups in total. The zero-order valence-electron chi connectivity index (χ0n) is 12.8. The fraction of sp³-hybridized carbons (Fsp3) is 0.667. The molecular formula is C18H27F. The van der Waals surface area contributed by atoms with Crippen LogP contribution in [-0.4, -0.2) is 6.17 Å². The molecule has 1 aromatic rings. The van der Waals surface area contributed by atoms with Gasteiger partial charge >= 0.3 is 0 Å². The fourth-order valence-electron chi connectivity index (χ4n) is 3.46. The molecule has 0 saturated heterocycles. The van der Waals surface area contributed by atoms with Gasteiger partial charge in [0.15, 0.2) is 0 Å². The molecule has 1 aliphatic rings. The highest BCUT2D eigenvalue weighted by Crippen LogP contribution is 2.41. The summed E-state index contributed by atoms with van der Waals surface area (Å²) in [6.45, 7) is 9.07. The monoisotopic (exact) mass is 262 g/mol. The van der Waals surface area contributed by atoms with Crippen LogP contribution in [0.2, 0.25) is 0 Å². The highest BCUT2D eigenvalue weighted by Gasteiger charge is 2.33. The highest BCUT2D eigenvalue weighted by atomic mass is 19.1. The number of halogens is 1. The summed E-state index contributed by atoms with van der Waals surface area (Å²) < 4.78 is 13.3. The van der Waals surface area contributed by atoms with Gasteiger partial charge in [-0.2, -0.15) is 0 Å². The van der Waals surface area contributed by atoms with Crippen LogP contribution in [0.15, 0.2) is 18.2 Å². The summed E-state index contributed by atoms with van der Waals surface area (Å²) in [4.78, 5) is 0.